The van der Waals surface area contributed by atoms with Crippen LogP contribution in [0.5, 0.6) is 0 Å². The zero-order chi connectivity index (χ0) is 18.5. The largest absolute Gasteiger partial charge is 0.378 e. The molecule has 134 valence electrons. The van der Waals surface area contributed by atoms with Crippen LogP contribution >= 0.6 is 23.4 Å². The molecule has 0 spiro atoms. The second kappa shape index (κ2) is 8.43. The number of thioether (sulfide) groups is 1. The Balaban J connectivity index is 1.88. The predicted octanol–water partition coefficient (Wildman–Crippen LogP) is 5.14. The normalized spacial score (nSPS) is 10.7. The molecule has 1 heterocycles. The highest BCUT2D eigenvalue weighted by Gasteiger charge is 2.14. The first kappa shape index (κ1) is 18.5. The average Bonchev–Trinajstić information content (AvgIpc) is 3.03. The molecule has 26 heavy (non-hydrogen) atoms. The maximum Gasteiger partial charge on any atom is 0.192 e. The fraction of sp³-hybridized carbons (Fsp3) is 0.200. The first-order valence-corrected chi connectivity index (χ1v) is 9.64. The van der Waals surface area contributed by atoms with E-state index in [1.807, 2.05) is 44.4 Å². The summed E-state index contributed by atoms with van der Waals surface area (Å²) in [7, 11) is 4.06. The third kappa shape index (κ3) is 4.29. The summed E-state index contributed by atoms with van der Waals surface area (Å²) in [5.74, 6) is 1.63. The molecule has 4 nitrogen and oxygen atoms in total. The Labute approximate surface area is 163 Å². The quantitative estimate of drug-likeness (QED) is 0.417. The van der Waals surface area contributed by atoms with Crippen molar-refractivity contribution in [1.82, 2.24) is 14.8 Å². The maximum atomic E-state index is 6.07. The lowest BCUT2D eigenvalue weighted by Crippen LogP contribution is -2.08. The Morgan fingerprint density at radius 3 is 2.69 bits per heavy atom. The van der Waals surface area contributed by atoms with E-state index in [0.29, 0.717) is 6.54 Å². The number of benzene rings is 2. The van der Waals surface area contributed by atoms with Crippen LogP contribution in [0, 0.1) is 0 Å². The van der Waals surface area contributed by atoms with Crippen LogP contribution < -0.4 is 4.90 Å². The standard InChI is InChI=1S/C20H21ClN4S/c1-4-11-25-19(16-8-6-10-18(13-16)24(2)3)22-23-20(25)26-14-15-7-5-9-17(21)12-15/h4-10,12-13H,1,11,14H2,2-3H3. The second-order valence-corrected chi connectivity index (χ2v) is 7.45. The molecule has 0 saturated heterocycles. The molecule has 0 radical (unpaired) electrons. The van der Waals surface area contributed by atoms with Crippen molar-refractivity contribution in [2.45, 2.75) is 17.5 Å². The number of hydrogen-bond donors (Lipinski definition) is 0. The maximum absolute atomic E-state index is 6.07. The monoisotopic (exact) mass is 384 g/mol. The smallest absolute Gasteiger partial charge is 0.192 e. The summed E-state index contributed by atoms with van der Waals surface area (Å²) in [6.45, 7) is 4.53. The van der Waals surface area contributed by atoms with Gasteiger partial charge in [0.1, 0.15) is 0 Å². The van der Waals surface area contributed by atoms with Crippen molar-refractivity contribution in [2.75, 3.05) is 19.0 Å². The van der Waals surface area contributed by atoms with Gasteiger partial charge >= 0.3 is 0 Å². The van der Waals surface area contributed by atoms with E-state index in [0.717, 1.165) is 38.6 Å². The minimum atomic E-state index is 0.659. The van der Waals surface area contributed by atoms with Crippen LogP contribution in [0.2, 0.25) is 5.02 Å². The summed E-state index contributed by atoms with van der Waals surface area (Å²) < 4.78 is 2.09. The Morgan fingerprint density at radius 2 is 1.96 bits per heavy atom. The van der Waals surface area contributed by atoms with Crippen molar-refractivity contribution in [3.8, 4) is 11.4 Å². The zero-order valence-corrected chi connectivity index (χ0v) is 16.5. The minimum absolute atomic E-state index is 0.659. The highest BCUT2D eigenvalue weighted by molar-refractivity contribution is 7.98. The van der Waals surface area contributed by atoms with Crippen molar-refractivity contribution in [1.29, 1.82) is 0 Å². The van der Waals surface area contributed by atoms with Gasteiger partial charge < -0.3 is 4.90 Å². The average molecular weight is 385 g/mol. The van der Waals surface area contributed by atoms with E-state index in [9.17, 15) is 0 Å². The van der Waals surface area contributed by atoms with Crippen LogP contribution in [0.3, 0.4) is 0 Å². The van der Waals surface area contributed by atoms with Gasteiger partial charge in [0, 0.05) is 42.7 Å². The van der Waals surface area contributed by atoms with Crippen molar-refractivity contribution in [2.24, 2.45) is 0 Å². The SMILES string of the molecule is C=CCn1c(SCc2cccc(Cl)c2)nnc1-c1cccc(N(C)C)c1. The van der Waals surface area contributed by atoms with Crippen LogP contribution in [-0.2, 0) is 12.3 Å². The number of halogens is 1. The van der Waals surface area contributed by atoms with Gasteiger partial charge in [-0.05, 0) is 29.8 Å². The fourth-order valence-electron chi connectivity index (χ4n) is 2.60. The number of aromatic nitrogens is 3. The van der Waals surface area contributed by atoms with Gasteiger partial charge in [0.15, 0.2) is 11.0 Å². The van der Waals surface area contributed by atoms with E-state index in [2.05, 4.69) is 50.5 Å². The van der Waals surface area contributed by atoms with Crippen molar-refractivity contribution in [3.05, 3.63) is 71.8 Å². The van der Waals surface area contributed by atoms with Crippen LogP contribution in [0.25, 0.3) is 11.4 Å². The molecule has 0 aliphatic carbocycles. The Bertz CT molecular complexity index is 904. The van der Waals surface area contributed by atoms with E-state index in [-0.39, 0.29) is 0 Å². The van der Waals surface area contributed by atoms with Crippen LogP contribution in [0.4, 0.5) is 5.69 Å². The van der Waals surface area contributed by atoms with Gasteiger partial charge in [-0.3, -0.25) is 4.57 Å². The highest BCUT2D eigenvalue weighted by atomic mass is 35.5. The van der Waals surface area contributed by atoms with Gasteiger partial charge in [-0.15, -0.1) is 16.8 Å². The lowest BCUT2D eigenvalue weighted by atomic mass is 10.2. The van der Waals surface area contributed by atoms with E-state index in [1.54, 1.807) is 11.8 Å². The molecule has 1 aromatic heterocycles. The first-order valence-electron chi connectivity index (χ1n) is 8.27. The lowest BCUT2D eigenvalue weighted by molar-refractivity contribution is 0.731. The molecule has 3 rings (SSSR count). The van der Waals surface area contributed by atoms with Gasteiger partial charge in [0.2, 0.25) is 0 Å². The lowest BCUT2D eigenvalue weighted by Gasteiger charge is -2.14. The third-order valence-corrected chi connectivity index (χ3v) is 5.18. The molecule has 0 atom stereocenters. The van der Waals surface area contributed by atoms with Crippen molar-refractivity contribution >= 4 is 29.1 Å². The minimum Gasteiger partial charge on any atom is -0.378 e. The van der Waals surface area contributed by atoms with Gasteiger partial charge in [-0.25, -0.2) is 0 Å². The van der Waals surface area contributed by atoms with Crippen LogP contribution in [0.1, 0.15) is 5.56 Å². The topological polar surface area (TPSA) is 34.0 Å². The Hall–Kier alpha value is -2.24. The molecule has 0 bridgehead atoms. The van der Waals surface area contributed by atoms with E-state index in [4.69, 9.17) is 11.6 Å². The number of hydrogen-bond acceptors (Lipinski definition) is 4. The number of anilines is 1. The molecule has 3 aromatic rings. The summed E-state index contributed by atoms with van der Waals surface area (Å²) in [6.07, 6.45) is 1.87. The molecule has 0 aliphatic rings. The van der Waals surface area contributed by atoms with E-state index >= 15 is 0 Å². The van der Waals surface area contributed by atoms with Gasteiger partial charge in [-0.1, -0.05) is 53.7 Å². The molecular weight excluding hydrogens is 364 g/mol. The fourth-order valence-corrected chi connectivity index (χ4v) is 3.70. The Morgan fingerprint density at radius 1 is 1.15 bits per heavy atom. The van der Waals surface area contributed by atoms with Crippen molar-refractivity contribution < 1.29 is 0 Å². The molecule has 0 unspecified atom stereocenters. The summed E-state index contributed by atoms with van der Waals surface area (Å²) in [5.41, 5.74) is 3.33. The second-order valence-electron chi connectivity index (χ2n) is 6.07. The molecule has 2 aromatic carbocycles. The zero-order valence-electron chi connectivity index (χ0n) is 14.9. The van der Waals surface area contributed by atoms with Gasteiger partial charge in [-0.2, -0.15) is 0 Å². The van der Waals surface area contributed by atoms with Gasteiger partial charge in [0.05, 0.1) is 0 Å². The summed E-state index contributed by atoms with van der Waals surface area (Å²) in [4.78, 5) is 2.08. The summed E-state index contributed by atoms with van der Waals surface area (Å²) in [5, 5.41) is 10.5. The van der Waals surface area contributed by atoms with E-state index < -0.39 is 0 Å². The molecule has 0 amide bonds. The summed E-state index contributed by atoms with van der Waals surface area (Å²) >= 11 is 7.72. The molecule has 0 fully saturated rings. The van der Waals surface area contributed by atoms with E-state index in [1.165, 1.54) is 0 Å². The summed E-state index contributed by atoms with van der Waals surface area (Å²) in [6, 6.07) is 16.2. The number of nitrogens with zero attached hydrogens (tertiary/aromatic N) is 4. The third-order valence-electron chi connectivity index (χ3n) is 3.91. The molecule has 6 heteroatoms. The highest BCUT2D eigenvalue weighted by Crippen LogP contribution is 2.28. The predicted molar refractivity (Wildman–Crippen MR) is 111 cm³/mol. The van der Waals surface area contributed by atoms with Gasteiger partial charge in [0.25, 0.3) is 0 Å². The number of rotatable bonds is 7. The molecular formula is C20H21ClN4S. The first-order chi connectivity index (χ1) is 12.6. The number of allylic oxidation sites excluding steroid dienone is 1. The van der Waals surface area contributed by atoms with Crippen LogP contribution in [-0.4, -0.2) is 28.9 Å². The molecule has 0 saturated carbocycles. The molecule has 0 aliphatic heterocycles. The van der Waals surface area contributed by atoms with Crippen molar-refractivity contribution in [3.63, 3.8) is 0 Å². The van der Waals surface area contributed by atoms with Crippen LogP contribution in [0.15, 0.2) is 66.3 Å². The molecule has 0 N–H and O–H groups in total. The Kier molecular flexibility index (Phi) is 6.01.